The monoisotopic (exact) mass is 381 g/mol. The molecule has 8 nitrogen and oxygen atoms in total. The number of rotatable bonds is 8. The Morgan fingerprint density at radius 3 is 2.75 bits per heavy atom. The topological polar surface area (TPSA) is 90.3 Å². The van der Waals surface area contributed by atoms with Crippen molar-refractivity contribution in [3.63, 3.8) is 0 Å². The second kappa shape index (κ2) is 9.01. The molecule has 2 aromatic heterocycles. The van der Waals surface area contributed by atoms with Crippen molar-refractivity contribution < 1.29 is 14.3 Å². The molecule has 1 amide bonds. The number of ether oxygens (including phenoxy) is 2. The summed E-state index contributed by atoms with van der Waals surface area (Å²) in [6, 6.07) is 8.52. The molecule has 3 aromatic rings. The van der Waals surface area contributed by atoms with Crippen molar-refractivity contribution in [1.82, 2.24) is 20.1 Å². The third kappa shape index (κ3) is 4.66. The van der Waals surface area contributed by atoms with Crippen LogP contribution in [0.4, 0.5) is 5.69 Å². The largest absolute Gasteiger partial charge is 0.493 e. The molecule has 0 radical (unpaired) electrons. The van der Waals surface area contributed by atoms with Gasteiger partial charge in [-0.1, -0.05) is 6.07 Å². The van der Waals surface area contributed by atoms with Crippen LogP contribution >= 0.6 is 0 Å². The first-order chi connectivity index (χ1) is 13.6. The van der Waals surface area contributed by atoms with Gasteiger partial charge >= 0.3 is 0 Å². The molecule has 146 valence electrons. The Morgan fingerprint density at radius 2 is 2.11 bits per heavy atom. The molecule has 0 aliphatic heterocycles. The third-order valence-corrected chi connectivity index (χ3v) is 4.16. The molecule has 2 N–H and O–H groups in total. The van der Waals surface area contributed by atoms with Crippen LogP contribution in [0.5, 0.6) is 11.5 Å². The molecule has 0 aliphatic carbocycles. The van der Waals surface area contributed by atoms with Crippen LogP contribution in [-0.2, 0) is 18.4 Å². The van der Waals surface area contributed by atoms with Crippen molar-refractivity contribution in [2.24, 2.45) is 7.05 Å². The van der Waals surface area contributed by atoms with Crippen molar-refractivity contribution in [3.05, 3.63) is 66.2 Å². The molecule has 8 heteroatoms. The number of nitrogens with one attached hydrogen (secondary N) is 2. The van der Waals surface area contributed by atoms with Gasteiger partial charge in [0.2, 0.25) is 5.91 Å². The summed E-state index contributed by atoms with van der Waals surface area (Å²) in [7, 11) is 5.11. The number of hydrogen-bond donors (Lipinski definition) is 2. The third-order valence-electron chi connectivity index (χ3n) is 4.16. The van der Waals surface area contributed by atoms with E-state index < -0.39 is 6.04 Å². The van der Waals surface area contributed by atoms with Crippen LogP contribution in [0.15, 0.2) is 55.1 Å². The van der Waals surface area contributed by atoms with E-state index in [1.165, 1.54) is 0 Å². The quantitative estimate of drug-likeness (QED) is 0.622. The first-order valence-corrected chi connectivity index (χ1v) is 8.77. The molecule has 0 saturated carbocycles. The Morgan fingerprint density at radius 1 is 1.25 bits per heavy atom. The molecule has 2 heterocycles. The Balaban J connectivity index is 1.73. The first-order valence-electron chi connectivity index (χ1n) is 8.77. The molecule has 0 spiro atoms. The molecule has 0 bridgehead atoms. The second-order valence-electron chi connectivity index (χ2n) is 6.17. The summed E-state index contributed by atoms with van der Waals surface area (Å²) in [6.45, 7) is 0.344. The van der Waals surface area contributed by atoms with E-state index in [-0.39, 0.29) is 5.91 Å². The number of hydrogen-bond acceptors (Lipinski definition) is 6. The van der Waals surface area contributed by atoms with Crippen LogP contribution < -0.4 is 20.1 Å². The lowest BCUT2D eigenvalue weighted by Crippen LogP contribution is -2.30. The zero-order valence-electron chi connectivity index (χ0n) is 16.0. The highest BCUT2D eigenvalue weighted by Crippen LogP contribution is 2.31. The number of amides is 1. The lowest BCUT2D eigenvalue weighted by molar-refractivity contribution is -0.118. The number of aromatic nitrogens is 3. The average molecular weight is 381 g/mol. The van der Waals surface area contributed by atoms with Gasteiger partial charge in [-0.2, -0.15) is 5.10 Å². The van der Waals surface area contributed by atoms with Crippen LogP contribution in [-0.4, -0.2) is 34.8 Å². The Kier molecular flexibility index (Phi) is 6.23. The summed E-state index contributed by atoms with van der Waals surface area (Å²) >= 11 is 0. The summed E-state index contributed by atoms with van der Waals surface area (Å²) in [5.41, 5.74) is 2.33. The zero-order valence-corrected chi connectivity index (χ0v) is 16.0. The van der Waals surface area contributed by atoms with E-state index in [1.54, 1.807) is 61.8 Å². The summed E-state index contributed by atoms with van der Waals surface area (Å²) in [6.07, 6.45) is 6.92. The minimum atomic E-state index is -0.518. The standard InChI is InChI=1S/C20H23N5O3/c1-21-19(15-11-23-25(2)12-15)20(26)24-16-6-7-17(27-3)18(9-16)28-13-14-5-4-8-22-10-14/h4-12,19,21H,13H2,1-3H3,(H,24,26). The van der Waals surface area contributed by atoms with E-state index in [0.29, 0.717) is 23.8 Å². The summed E-state index contributed by atoms with van der Waals surface area (Å²) in [5, 5.41) is 10.0. The molecular formula is C20H23N5O3. The maximum absolute atomic E-state index is 12.7. The lowest BCUT2D eigenvalue weighted by Gasteiger charge is -2.16. The number of methoxy groups -OCH3 is 1. The average Bonchev–Trinajstić information content (AvgIpc) is 3.13. The number of likely N-dealkylation sites (N-methyl/N-ethyl adjacent to an activating group) is 1. The molecule has 0 fully saturated rings. The zero-order chi connectivity index (χ0) is 19.9. The number of anilines is 1. The Hall–Kier alpha value is -3.39. The Bertz CT molecular complexity index is 927. The molecule has 1 aromatic carbocycles. The first kappa shape index (κ1) is 19.4. The van der Waals surface area contributed by atoms with Crippen molar-refractivity contribution in [2.45, 2.75) is 12.6 Å². The number of carbonyl (C=O) groups excluding carboxylic acids is 1. The van der Waals surface area contributed by atoms with Crippen molar-refractivity contribution >= 4 is 11.6 Å². The number of nitrogens with zero attached hydrogens (tertiary/aromatic N) is 3. The minimum Gasteiger partial charge on any atom is -0.493 e. The van der Waals surface area contributed by atoms with E-state index >= 15 is 0 Å². The van der Waals surface area contributed by atoms with Crippen molar-refractivity contribution in [1.29, 1.82) is 0 Å². The number of pyridine rings is 1. The molecule has 0 aliphatic rings. The lowest BCUT2D eigenvalue weighted by atomic mass is 10.1. The molecule has 0 saturated heterocycles. The van der Waals surface area contributed by atoms with Gasteiger partial charge < -0.3 is 20.1 Å². The van der Waals surface area contributed by atoms with Crippen LogP contribution in [0.1, 0.15) is 17.2 Å². The highest BCUT2D eigenvalue weighted by molar-refractivity contribution is 5.95. The van der Waals surface area contributed by atoms with Gasteiger partial charge in [-0.3, -0.25) is 14.5 Å². The maximum atomic E-state index is 12.7. The van der Waals surface area contributed by atoms with Crippen molar-refractivity contribution in [2.75, 3.05) is 19.5 Å². The van der Waals surface area contributed by atoms with Gasteiger partial charge in [0, 0.05) is 48.5 Å². The van der Waals surface area contributed by atoms with E-state index in [0.717, 1.165) is 11.1 Å². The van der Waals surface area contributed by atoms with Gasteiger partial charge in [0.05, 0.1) is 13.3 Å². The minimum absolute atomic E-state index is 0.195. The smallest absolute Gasteiger partial charge is 0.246 e. The molecule has 1 unspecified atom stereocenters. The van der Waals surface area contributed by atoms with E-state index in [9.17, 15) is 4.79 Å². The van der Waals surface area contributed by atoms with Crippen LogP contribution in [0, 0.1) is 0 Å². The Labute approximate surface area is 163 Å². The predicted molar refractivity (Wildman–Crippen MR) is 105 cm³/mol. The fraction of sp³-hybridized carbons (Fsp3) is 0.250. The predicted octanol–water partition coefficient (Wildman–Crippen LogP) is 2.30. The second-order valence-corrected chi connectivity index (χ2v) is 6.17. The summed E-state index contributed by atoms with van der Waals surface area (Å²) in [4.78, 5) is 16.8. The SMILES string of the molecule is CNC(C(=O)Nc1ccc(OC)c(OCc2cccnc2)c1)c1cnn(C)c1. The number of benzene rings is 1. The van der Waals surface area contributed by atoms with E-state index in [2.05, 4.69) is 20.7 Å². The summed E-state index contributed by atoms with van der Waals surface area (Å²) in [5.74, 6) is 0.921. The summed E-state index contributed by atoms with van der Waals surface area (Å²) < 4.78 is 12.9. The molecular weight excluding hydrogens is 358 g/mol. The highest BCUT2D eigenvalue weighted by atomic mass is 16.5. The van der Waals surface area contributed by atoms with E-state index in [4.69, 9.17) is 9.47 Å². The van der Waals surface area contributed by atoms with Crippen molar-refractivity contribution in [3.8, 4) is 11.5 Å². The molecule has 1 atom stereocenters. The fourth-order valence-electron chi connectivity index (χ4n) is 2.76. The van der Waals surface area contributed by atoms with E-state index in [1.807, 2.05) is 19.2 Å². The van der Waals surface area contributed by atoms with Gasteiger partial charge in [-0.25, -0.2) is 0 Å². The maximum Gasteiger partial charge on any atom is 0.246 e. The van der Waals surface area contributed by atoms with Crippen LogP contribution in [0.2, 0.25) is 0 Å². The number of aryl methyl sites for hydroxylation is 1. The van der Waals surface area contributed by atoms with Gasteiger partial charge in [0.15, 0.2) is 11.5 Å². The van der Waals surface area contributed by atoms with Gasteiger partial charge in [0.25, 0.3) is 0 Å². The van der Waals surface area contributed by atoms with Crippen LogP contribution in [0.25, 0.3) is 0 Å². The molecule has 3 rings (SSSR count). The molecule has 28 heavy (non-hydrogen) atoms. The van der Waals surface area contributed by atoms with Crippen LogP contribution in [0.3, 0.4) is 0 Å². The number of carbonyl (C=O) groups is 1. The highest BCUT2D eigenvalue weighted by Gasteiger charge is 2.20. The van der Waals surface area contributed by atoms with Gasteiger partial charge in [0.1, 0.15) is 12.6 Å². The van der Waals surface area contributed by atoms with Gasteiger partial charge in [-0.05, 0) is 25.2 Å². The van der Waals surface area contributed by atoms with Gasteiger partial charge in [-0.15, -0.1) is 0 Å². The fourth-order valence-corrected chi connectivity index (χ4v) is 2.76. The normalized spacial score (nSPS) is 11.7.